The molecule has 0 amide bonds. The molecule has 1 aromatic rings. The average molecular weight is 342 g/mol. The van der Waals surface area contributed by atoms with Gasteiger partial charge in [0.15, 0.2) is 0 Å². The maximum Gasteiger partial charge on any atom is 0.251 e. The Labute approximate surface area is 114 Å². The minimum atomic E-state index is -3.58. The van der Waals surface area contributed by atoms with Gasteiger partial charge in [0.1, 0.15) is 4.21 Å². The molecule has 1 heterocycles. The summed E-state index contributed by atoms with van der Waals surface area (Å²) in [4.78, 5) is 0. The van der Waals surface area contributed by atoms with E-state index in [0.717, 1.165) is 11.3 Å². The number of halogens is 1. The van der Waals surface area contributed by atoms with Crippen LogP contribution in [0, 0.1) is 0 Å². The van der Waals surface area contributed by atoms with Gasteiger partial charge in [-0.25, -0.2) is 13.1 Å². The first-order valence-electron chi connectivity index (χ1n) is 5.28. The summed E-state index contributed by atoms with van der Waals surface area (Å²) in [6, 6.07) is 1.69. The number of aliphatic hydroxyl groups excluding tert-OH is 1. The average Bonchev–Trinajstić information content (AvgIpc) is 2.73. The van der Waals surface area contributed by atoms with Crippen molar-refractivity contribution in [2.45, 2.75) is 36.4 Å². The Kier molecular flexibility index (Phi) is 5.15. The molecule has 98 valence electrons. The highest BCUT2D eigenvalue weighted by Gasteiger charge is 2.32. The fourth-order valence-electron chi connectivity index (χ4n) is 1.45. The van der Waals surface area contributed by atoms with Gasteiger partial charge >= 0.3 is 0 Å². The van der Waals surface area contributed by atoms with Crippen LogP contribution in [0.4, 0.5) is 0 Å². The highest BCUT2D eigenvalue weighted by Crippen LogP contribution is 2.29. The molecule has 0 aliphatic heterocycles. The third-order valence-electron chi connectivity index (χ3n) is 2.84. The molecule has 2 N–H and O–H groups in total. The summed E-state index contributed by atoms with van der Waals surface area (Å²) in [7, 11) is -3.58. The van der Waals surface area contributed by atoms with Gasteiger partial charge in [0.05, 0.1) is 12.1 Å². The first-order valence-corrected chi connectivity index (χ1v) is 8.44. The number of nitrogens with one attached hydrogen (secondary N) is 1. The van der Waals surface area contributed by atoms with Gasteiger partial charge < -0.3 is 5.11 Å². The molecule has 0 saturated carbocycles. The van der Waals surface area contributed by atoms with Crippen molar-refractivity contribution < 1.29 is 13.5 Å². The molecule has 1 rings (SSSR count). The maximum atomic E-state index is 12.2. The molecule has 0 fully saturated rings. The van der Waals surface area contributed by atoms with E-state index in [9.17, 15) is 13.5 Å². The predicted molar refractivity (Wildman–Crippen MR) is 72.7 cm³/mol. The zero-order valence-electron chi connectivity index (χ0n) is 9.73. The van der Waals surface area contributed by atoms with E-state index in [-0.39, 0.29) is 10.8 Å². The molecule has 1 aromatic heterocycles. The van der Waals surface area contributed by atoms with E-state index in [2.05, 4.69) is 20.7 Å². The zero-order valence-corrected chi connectivity index (χ0v) is 13.0. The van der Waals surface area contributed by atoms with Gasteiger partial charge in [0.2, 0.25) is 0 Å². The van der Waals surface area contributed by atoms with Gasteiger partial charge in [0.25, 0.3) is 10.0 Å². The van der Waals surface area contributed by atoms with Crippen LogP contribution in [0.15, 0.2) is 20.1 Å². The molecule has 0 aliphatic rings. The summed E-state index contributed by atoms with van der Waals surface area (Å²) in [6.07, 6.45) is 1.09. The molecule has 0 aromatic carbocycles. The lowest BCUT2D eigenvalue weighted by Gasteiger charge is -2.29. The van der Waals surface area contributed by atoms with Crippen LogP contribution in [0.2, 0.25) is 0 Å². The standard InChI is InChI=1S/C10H16BrNO3S2/c1-3-10(4-2,7-13)12-17(14,15)9-8(11)5-6-16-9/h5-6,12-13H,3-4,7H2,1-2H3. The molecular formula is C10H16BrNO3S2. The second kappa shape index (κ2) is 5.79. The Morgan fingerprint density at radius 1 is 1.47 bits per heavy atom. The smallest absolute Gasteiger partial charge is 0.251 e. The van der Waals surface area contributed by atoms with Crippen molar-refractivity contribution in [1.29, 1.82) is 0 Å². The molecule has 0 unspecified atom stereocenters. The lowest BCUT2D eigenvalue weighted by atomic mass is 9.96. The number of thiophene rings is 1. The monoisotopic (exact) mass is 341 g/mol. The molecule has 0 spiro atoms. The van der Waals surface area contributed by atoms with Crippen LogP contribution < -0.4 is 4.72 Å². The Morgan fingerprint density at radius 2 is 2.06 bits per heavy atom. The Hall–Kier alpha value is 0.0500. The van der Waals surface area contributed by atoms with Gasteiger partial charge in [-0.2, -0.15) is 0 Å². The van der Waals surface area contributed by atoms with Crippen molar-refractivity contribution in [3.63, 3.8) is 0 Å². The summed E-state index contributed by atoms with van der Waals surface area (Å²) in [5.74, 6) is 0. The van der Waals surface area contributed by atoms with Crippen LogP contribution in [0.25, 0.3) is 0 Å². The summed E-state index contributed by atoms with van der Waals surface area (Å²) in [6.45, 7) is 3.50. The van der Waals surface area contributed by atoms with Crippen LogP contribution in [-0.4, -0.2) is 25.7 Å². The normalized spacial score (nSPS) is 12.9. The molecule has 0 saturated heterocycles. The largest absolute Gasteiger partial charge is 0.394 e. The number of hydrogen-bond donors (Lipinski definition) is 2. The third-order valence-corrected chi connectivity index (χ3v) is 7.08. The van der Waals surface area contributed by atoms with Crippen LogP contribution in [0.3, 0.4) is 0 Å². The van der Waals surface area contributed by atoms with Crippen molar-refractivity contribution in [1.82, 2.24) is 4.72 Å². The van der Waals surface area contributed by atoms with Gasteiger partial charge in [-0.1, -0.05) is 13.8 Å². The molecule has 0 aliphatic carbocycles. The van der Waals surface area contributed by atoms with E-state index in [4.69, 9.17) is 0 Å². The van der Waals surface area contributed by atoms with Gasteiger partial charge in [-0.15, -0.1) is 11.3 Å². The Morgan fingerprint density at radius 3 is 2.41 bits per heavy atom. The fraction of sp³-hybridized carbons (Fsp3) is 0.600. The molecule has 0 radical (unpaired) electrons. The zero-order chi connectivity index (χ0) is 13.1. The SMILES string of the molecule is CCC(CC)(CO)NS(=O)(=O)c1sccc1Br. The van der Waals surface area contributed by atoms with E-state index in [1.54, 1.807) is 11.4 Å². The van der Waals surface area contributed by atoms with Gasteiger partial charge in [0, 0.05) is 4.47 Å². The van der Waals surface area contributed by atoms with Crippen molar-refractivity contribution in [3.05, 3.63) is 15.9 Å². The minimum Gasteiger partial charge on any atom is -0.394 e. The van der Waals surface area contributed by atoms with Crippen molar-refractivity contribution in [3.8, 4) is 0 Å². The molecular weight excluding hydrogens is 326 g/mol. The van der Waals surface area contributed by atoms with E-state index < -0.39 is 15.6 Å². The molecule has 0 atom stereocenters. The molecule has 4 nitrogen and oxygen atoms in total. The lowest BCUT2D eigenvalue weighted by Crippen LogP contribution is -2.50. The lowest BCUT2D eigenvalue weighted by molar-refractivity contribution is 0.172. The summed E-state index contributed by atoms with van der Waals surface area (Å²) < 4.78 is 27.7. The second-order valence-corrected chi connectivity index (χ2v) is 7.46. The van der Waals surface area contributed by atoms with E-state index in [1.165, 1.54) is 0 Å². The highest BCUT2D eigenvalue weighted by atomic mass is 79.9. The van der Waals surface area contributed by atoms with E-state index in [0.29, 0.717) is 17.3 Å². The third kappa shape index (κ3) is 3.29. The van der Waals surface area contributed by atoms with Gasteiger partial charge in [-0.05, 0) is 40.2 Å². The second-order valence-electron chi connectivity index (χ2n) is 3.81. The molecule has 0 bridgehead atoms. The summed E-state index contributed by atoms with van der Waals surface area (Å²) in [5.41, 5.74) is -0.776. The summed E-state index contributed by atoms with van der Waals surface area (Å²) >= 11 is 4.35. The molecule has 17 heavy (non-hydrogen) atoms. The number of hydrogen-bond acceptors (Lipinski definition) is 4. The molecule has 7 heteroatoms. The fourth-order valence-corrected chi connectivity index (χ4v) is 5.33. The van der Waals surface area contributed by atoms with E-state index in [1.807, 2.05) is 13.8 Å². The topological polar surface area (TPSA) is 66.4 Å². The number of rotatable bonds is 6. The Balaban J connectivity index is 3.05. The maximum absolute atomic E-state index is 12.2. The van der Waals surface area contributed by atoms with Crippen molar-refractivity contribution in [2.24, 2.45) is 0 Å². The van der Waals surface area contributed by atoms with Gasteiger partial charge in [-0.3, -0.25) is 0 Å². The minimum absolute atomic E-state index is 0.206. The predicted octanol–water partition coefficient (Wildman–Crippen LogP) is 2.34. The summed E-state index contributed by atoms with van der Waals surface area (Å²) in [5, 5.41) is 11.1. The van der Waals surface area contributed by atoms with Crippen LogP contribution in [0.5, 0.6) is 0 Å². The first kappa shape index (κ1) is 15.1. The van der Waals surface area contributed by atoms with Crippen molar-refractivity contribution in [2.75, 3.05) is 6.61 Å². The first-order chi connectivity index (χ1) is 7.90. The quantitative estimate of drug-likeness (QED) is 0.834. The van der Waals surface area contributed by atoms with Crippen LogP contribution in [-0.2, 0) is 10.0 Å². The highest BCUT2D eigenvalue weighted by molar-refractivity contribution is 9.10. The number of sulfonamides is 1. The van der Waals surface area contributed by atoms with Crippen LogP contribution >= 0.6 is 27.3 Å². The van der Waals surface area contributed by atoms with Crippen molar-refractivity contribution >= 4 is 37.3 Å². The Bertz CT molecular complexity index is 457. The van der Waals surface area contributed by atoms with Crippen LogP contribution in [0.1, 0.15) is 26.7 Å². The number of aliphatic hydroxyl groups is 1. The van der Waals surface area contributed by atoms with E-state index >= 15 is 0 Å².